The fourth-order valence-electron chi connectivity index (χ4n) is 2.06. The lowest BCUT2D eigenvalue weighted by Gasteiger charge is -2.23. The number of methoxy groups -OCH3 is 1. The van der Waals surface area contributed by atoms with E-state index in [4.69, 9.17) is 9.47 Å². The van der Waals surface area contributed by atoms with Crippen LogP contribution < -0.4 is 0 Å². The summed E-state index contributed by atoms with van der Waals surface area (Å²) in [7, 11) is 1.59. The Morgan fingerprint density at radius 1 is 1.35 bits per heavy atom. The molecule has 1 unspecified atom stereocenters. The third-order valence-electron chi connectivity index (χ3n) is 3.22. The number of carbonyl (C=O) groups is 1. The second-order valence-electron chi connectivity index (χ2n) is 5.08. The van der Waals surface area contributed by atoms with E-state index in [-0.39, 0.29) is 24.6 Å². The van der Waals surface area contributed by atoms with Gasteiger partial charge in [-0.25, -0.2) is 4.79 Å². The molecule has 1 heterocycles. The predicted molar refractivity (Wildman–Crippen MR) is 78.2 cm³/mol. The highest BCUT2D eigenvalue weighted by Crippen LogP contribution is 2.15. The van der Waals surface area contributed by atoms with Gasteiger partial charge in [0.25, 0.3) is 0 Å². The van der Waals surface area contributed by atoms with Gasteiger partial charge in [-0.05, 0) is 25.3 Å². The van der Waals surface area contributed by atoms with E-state index in [1.165, 1.54) is 6.08 Å². The Balaban J connectivity index is 2.86. The van der Waals surface area contributed by atoms with Crippen LogP contribution in [0.5, 0.6) is 0 Å². The number of aliphatic hydroxyl groups excluding tert-OH is 1. The van der Waals surface area contributed by atoms with Crippen LogP contribution in [0.3, 0.4) is 0 Å². The Hall–Kier alpha value is -1.39. The third kappa shape index (κ3) is 5.72. The molecular formula is C16H24O4. The zero-order chi connectivity index (χ0) is 15.0. The fraction of sp³-hybridized carbons (Fsp3) is 0.562. The Morgan fingerprint density at radius 3 is 2.75 bits per heavy atom. The lowest BCUT2D eigenvalue weighted by Crippen LogP contribution is -2.31. The molecule has 0 radical (unpaired) electrons. The number of ether oxygens (including phenoxy) is 2. The van der Waals surface area contributed by atoms with Crippen LogP contribution >= 0.6 is 0 Å². The van der Waals surface area contributed by atoms with Crippen LogP contribution in [-0.4, -0.2) is 37.0 Å². The van der Waals surface area contributed by atoms with E-state index >= 15 is 0 Å². The zero-order valence-corrected chi connectivity index (χ0v) is 12.4. The second kappa shape index (κ2) is 8.72. The van der Waals surface area contributed by atoms with Crippen LogP contribution in [0, 0.1) is 5.92 Å². The predicted octanol–water partition coefficient (Wildman–Crippen LogP) is 2.39. The van der Waals surface area contributed by atoms with Crippen molar-refractivity contribution >= 4 is 5.97 Å². The molecule has 0 saturated carbocycles. The summed E-state index contributed by atoms with van der Waals surface area (Å²) in [5, 5.41) is 10.3. The lowest BCUT2D eigenvalue weighted by atomic mass is 9.96. The Labute approximate surface area is 120 Å². The van der Waals surface area contributed by atoms with E-state index in [1.54, 1.807) is 13.2 Å². The van der Waals surface area contributed by atoms with Crippen molar-refractivity contribution in [3.8, 4) is 0 Å². The summed E-state index contributed by atoms with van der Waals surface area (Å²) in [6, 6.07) is 0. The maximum atomic E-state index is 11.4. The number of rotatable bonds is 1. The first-order valence-corrected chi connectivity index (χ1v) is 6.92. The number of esters is 1. The van der Waals surface area contributed by atoms with Gasteiger partial charge in [-0.1, -0.05) is 31.2 Å². The monoisotopic (exact) mass is 280 g/mol. The summed E-state index contributed by atoms with van der Waals surface area (Å²) in [4.78, 5) is 11.4. The molecule has 1 aliphatic rings. The van der Waals surface area contributed by atoms with E-state index < -0.39 is 6.10 Å². The average molecular weight is 280 g/mol. The van der Waals surface area contributed by atoms with Crippen molar-refractivity contribution in [2.75, 3.05) is 13.7 Å². The van der Waals surface area contributed by atoms with Gasteiger partial charge in [-0.3, -0.25) is 0 Å². The number of carbonyl (C=O) groups excluding carboxylic acids is 1. The van der Waals surface area contributed by atoms with Gasteiger partial charge in [-0.15, -0.1) is 0 Å². The van der Waals surface area contributed by atoms with E-state index in [0.29, 0.717) is 0 Å². The molecule has 0 fully saturated rings. The molecule has 0 aromatic rings. The van der Waals surface area contributed by atoms with Gasteiger partial charge in [0.15, 0.2) is 0 Å². The minimum Gasteiger partial charge on any atom is -0.458 e. The maximum Gasteiger partial charge on any atom is 0.330 e. The first-order valence-electron chi connectivity index (χ1n) is 6.92. The first-order chi connectivity index (χ1) is 9.54. The van der Waals surface area contributed by atoms with Crippen LogP contribution in [0.1, 0.15) is 26.7 Å². The van der Waals surface area contributed by atoms with Crippen LogP contribution in [0.25, 0.3) is 0 Å². The largest absolute Gasteiger partial charge is 0.458 e. The molecule has 1 rings (SSSR count). The molecule has 112 valence electrons. The zero-order valence-electron chi connectivity index (χ0n) is 12.4. The van der Waals surface area contributed by atoms with Gasteiger partial charge in [0.05, 0.1) is 6.10 Å². The molecular weight excluding hydrogens is 256 g/mol. The summed E-state index contributed by atoms with van der Waals surface area (Å²) >= 11 is 0. The number of aliphatic hydroxyl groups is 1. The Morgan fingerprint density at radius 2 is 2.05 bits per heavy atom. The summed E-state index contributed by atoms with van der Waals surface area (Å²) in [6.45, 7) is 4.04. The smallest absolute Gasteiger partial charge is 0.330 e. The SMILES string of the molecule is COC1/C=C\CC/C=C\C(=O)OC/C(C)=C/[C@@H](C)[C@@H]1O. The molecule has 0 spiro atoms. The molecule has 3 atom stereocenters. The minimum absolute atomic E-state index is 0.0817. The molecule has 1 aliphatic heterocycles. The molecule has 4 nitrogen and oxygen atoms in total. The average Bonchev–Trinajstić information content (AvgIpc) is 2.43. The van der Waals surface area contributed by atoms with Crippen LogP contribution in [0.15, 0.2) is 36.0 Å². The Kier molecular flexibility index (Phi) is 7.26. The lowest BCUT2D eigenvalue weighted by molar-refractivity contribution is -0.136. The van der Waals surface area contributed by atoms with Crippen molar-refractivity contribution in [3.63, 3.8) is 0 Å². The van der Waals surface area contributed by atoms with Crippen LogP contribution in [0.2, 0.25) is 0 Å². The second-order valence-corrected chi connectivity index (χ2v) is 5.08. The molecule has 20 heavy (non-hydrogen) atoms. The van der Waals surface area contributed by atoms with Gasteiger partial charge in [0.1, 0.15) is 12.7 Å². The molecule has 1 N–H and O–H groups in total. The van der Waals surface area contributed by atoms with E-state index in [2.05, 4.69) is 0 Å². The molecule has 0 saturated heterocycles. The van der Waals surface area contributed by atoms with Crippen molar-refractivity contribution in [2.24, 2.45) is 5.92 Å². The summed E-state index contributed by atoms with van der Waals surface area (Å²) < 4.78 is 10.4. The van der Waals surface area contributed by atoms with Gasteiger partial charge in [0.2, 0.25) is 0 Å². The minimum atomic E-state index is -0.625. The van der Waals surface area contributed by atoms with Crippen molar-refractivity contribution in [1.29, 1.82) is 0 Å². The Bertz CT molecular complexity index is 395. The third-order valence-corrected chi connectivity index (χ3v) is 3.22. The molecule has 0 aromatic heterocycles. The standard InChI is InChI=1S/C16H24O4/c1-12-10-13(2)16(18)14(19-3)8-6-4-5-7-9-15(17)20-11-12/h6-10,13-14,16,18H,4-5,11H2,1-3H3/b8-6-,9-7-,12-10+/t13-,14?,16+/m1/s1. The summed E-state index contributed by atoms with van der Waals surface area (Å²) in [6.07, 6.45) is 9.58. The number of hydrogen-bond donors (Lipinski definition) is 1. The van der Waals surface area contributed by atoms with Gasteiger partial charge < -0.3 is 14.6 Å². The highest BCUT2D eigenvalue weighted by molar-refractivity contribution is 5.81. The quantitative estimate of drug-likeness (QED) is 0.592. The summed E-state index contributed by atoms with van der Waals surface area (Å²) in [5.74, 6) is -0.413. The summed E-state index contributed by atoms with van der Waals surface area (Å²) in [5.41, 5.74) is 0.911. The van der Waals surface area contributed by atoms with Crippen LogP contribution in [0.4, 0.5) is 0 Å². The highest BCUT2D eigenvalue weighted by Gasteiger charge is 2.21. The fourth-order valence-corrected chi connectivity index (χ4v) is 2.06. The molecule has 0 amide bonds. The topological polar surface area (TPSA) is 55.8 Å². The van der Waals surface area contributed by atoms with E-state index in [9.17, 15) is 9.90 Å². The van der Waals surface area contributed by atoms with Crippen molar-refractivity contribution < 1.29 is 19.4 Å². The normalized spacial score (nSPS) is 35.3. The van der Waals surface area contributed by atoms with Crippen molar-refractivity contribution in [1.82, 2.24) is 0 Å². The number of allylic oxidation sites excluding steroid dienone is 2. The molecule has 0 bridgehead atoms. The van der Waals surface area contributed by atoms with E-state index in [0.717, 1.165) is 18.4 Å². The molecule has 4 heteroatoms. The highest BCUT2D eigenvalue weighted by atomic mass is 16.5. The van der Waals surface area contributed by atoms with Crippen molar-refractivity contribution in [3.05, 3.63) is 36.0 Å². The first kappa shape index (κ1) is 16.7. The van der Waals surface area contributed by atoms with Gasteiger partial charge in [0, 0.05) is 19.1 Å². The number of cyclic esters (lactones) is 1. The molecule has 0 aromatic carbocycles. The number of hydrogen-bond acceptors (Lipinski definition) is 4. The molecule has 0 aliphatic carbocycles. The van der Waals surface area contributed by atoms with Crippen molar-refractivity contribution in [2.45, 2.75) is 38.9 Å². The van der Waals surface area contributed by atoms with E-state index in [1.807, 2.05) is 32.1 Å². The maximum absolute atomic E-state index is 11.4. The van der Waals surface area contributed by atoms with Crippen LogP contribution in [-0.2, 0) is 14.3 Å². The van der Waals surface area contributed by atoms with Gasteiger partial charge in [-0.2, -0.15) is 0 Å². The van der Waals surface area contributed by atoms with Gasteiger partial charge >= 0.3 is 5.97 Å².